The third-order valence-electron chi connectivity index (χ3n) is 2.06. The molecule has 0 saturated carbocycles. The standard InChI is InChI=1S/C11H27GeOSi2/c1-11(13)8-12(9-14(2,3)4)10-15(5,6)7/h8-10H2,1-7H3. The van der Waals surface area contributed by atoms with Gasteiger partial charge in [0.1, 0.15) is 0 Å². The summed E-state index contributed by atoms with van der Waals surface area (Å²) in [5.74, 6) is 0.446. The van der Waals surface area contributed by atoms with Gasteiger partial charge in [0.2, 0.25) is 0 Å². The van der Waals surface area contributed by atoms with E-state index in [1.807, 2.05) is 0 Å². The van der Waals surface area contributed by atoms with E-state index in [-0.39, 0.29) is 0 Å². The molecule has 4 heteroatoms. The summed E-state index contributed by atoms with van der Waals surface area (Å²) in [7, 11) is -1.89. The van der Waals surface area contributed by atoms with Gasteiger partial charge in [-0.05, 0) is 0 Å². The van der Waals surface area contributed by atoms with Crippen molar-refractivity contribution in [3.63, 3.8) is 0 Å². The van der Waals surface area contributed by atoms with Crippen molar-refractivity contribution in [2.75, 3.05) is 0 Å². The Hall–Kier alpha value is 0.647. The predicted molar refractivity (Wildman–Crippen MR) is 77.5 cm³/mol. The monoisotopic (exact) mass is 305 g/mol. The quantitative estimate of drug-likeness (QED) is 0.682. The number of carbonyl (C=O) groups is 1. The second kappa shape index (κ2) is 5.82. The molecule has 0 aliphatic heterocycles. The Kier molecular flexibility index (Phi) is 6.07. The summed E-state index contributed by atoms with van der Waals surface area (Å²) in [6.45, 7) is 16.5. The van der Waals surface area contributed by atoms with E-state index in [4.69, 9.17) is 0 Å². The van der Waals surface area contributed by atoms with Crippen LogP contribution in [0, 0.1) is 0 Å². The van der Waals surface area contributed by atoms with E-state index in [9.17, 15) is 4.79 Å². The molecule has 89 valence electrons. The predicted octanol–water partition coefficient (Wildman–Crippen LogP) is 3.83. The van der Waals surface area contributed by atoms with Crippen molar-refractivity contribution in [2.45, 2.75) is 61.2 Å². The maximum absolute atomic E-state index is 11.3. The molecule has 0 fully saturated rings. The van der Waals surface area contributed by atoms with Gasteiger partial charge >= 0.3 is 102 Å². The summed E-state index contributed by atoms with van der Waals surface area (Å²) in [6.07, 6.45) is 0. The molecule has 0 aliphatic carbocycles. The minimum absolute atomic E-state index is 0.446. The molecule has 0 amide bonds. The maximum atomic E-state index is 11.3. The fourth-order valence-electron chi connectivity index (χ4n) is 2.04. The molecule has 0 heterocycles. The number of ketones is 1. The summed E-state index contributed by atoms with van der Waals surface area (Å²) in [5, 5.41) is 0.981. The van der Waals surface area contributed by atoms with Crippen molar-refractivity contribution in [1.82, 2.24) is 0 Å². The van der Waals surface area contributed by atoms with E-state index in [1.54, 1.807) is 6.92 Å². The SMILES string of the molecule is CC(=O)[CH2][Ge]([CH2][Si](C)(C)C)[CH2][Si](C)(C)C. The number of Topliss-reactive ketones (excluding diaryl/α,β-unsaturated/α-hetero) is 1. The first-order valence-corrected chi connectivity index (χ1v) is 17.7. The third kappa shape index (κ3) is 10.9. The van der Waals surface area contributed by atoms with Crippen LogP contribution < -0.4 is 0 Å². The van der Waals surface area contributed by atoms with Crippen molar-refractivity contribution in [2.24, 2.45) is 0 Å². The van der Waals surface area contributed by atoms with E-state index in [0.29, 0.717) is 5.78 Å². The van der Waals surface area contributed by atoms with Crippen LogP contribution >= 0.6 is 0 Å². The third-order valence-corrected chi connectivity index (χ3v) is 26.9. The molecule has 0 aromatic heterocycles. The fraction of sp³-hybridized carbons (Fsp3) is 0.909. The Balaban J connectivity index is 4.39. The average Bonchev–Trinajstić information content (AvgIpc) is 1.73. The Morgan fingerprint density at radius 1 is 0.933 bits per heavy atom. The van der Waals surface area contributed by atoms with E-state index < -0.39 is 30.5 Å². The molecule has 1 nitrogen and oxygen atoms in total. The van der Waals surface area contributed by atoms with E-state index in [1.165, 1.54) is 9.75 Å². The first-order chi connectivity index (χ1) is 6.49. The van der Waals surface area contributed by atoms with Crippen molar-refractivity contribution in [3.05, 3.63) is 0 Å². The summed E-state index contributed by atoms with van der Waals surface area (Å²) >= 11 is -1.05. The first kappa shape index (κ1) is 15.6. The summed E-state index contributed by atoms with van der Waals surface area (Å²) in [5.41, 5.74) is 0. The van der Waals surface area contributed by atoms with Crippen molar-refractivity contribution in [1.29, 1.82) is 0 Å². The minimum atomic E-state index is -1.05. The summed E-state index contributed by atoms with van der Waals surface area (Å²) in [6, 6.07) is 0. The zero-order chi connectivity index (χ0) is 12.3. The van der Waals surface area contributed by atoms with Gasteiger partial charge in [0.25, 0.3) is 0 Å². The molecule has 0 saturated heterocycles. The van der Waals surface area contributed by atoms with Crippen LogP contribution in [0.3, 0.4) is 0 Å². The van der Waals surface area contributed by atoms with Gasteiger partial charge in [-0.3, -0.25) is 0 Å². The van der Waals surface area contributed by atoms with E-state index in [2.05, 4.69) is 39.3 Å². The Bertz CT molecular complexity index is 200. The second-order valence-electron chi connectivity index (χ2n) is 7.10. The van der Waals surface area contributed by atoms with Crippen LogP contribution in [-0.2, 0) is 4.79 Å². The molecule has 0 atom stereocenters. The van der Waals surface area contributed by atoms with Gasteiger partial charge in [0.05, 0.1) is 0 Å². The number of hydrogen-bond donors (Lipinski definition) is 0. The van der Waals surface area contributed by atoms with Gasteiger partial charge < -0.3 is 0 Å². The molecule has 0 bridgehead atoms. The summed E-state index contributed by atoms with van der Waals surface area (Å²) in [4.78, 5) is 14.3. The molecule has 0 rings (SSSR count). The van der Waals surface area contributed by atoms with Gasteiger partial charge in [-0.1, -0.05) is 0 Å². The Morgan fingerprint density at radius 3 is 1.47 bits per heavy atom. The average molecular weight is 304 g/mol. The normalized spacial score (nSPS) is 13.3. The van der Waals surface area contributed by atoms with Gasteiger partial charge in [-0.15, -0.1) is 0 Å². The van der Waals surface area contributed by atoms with E-state index in [0.717, 1.165) is 5.25 Å². The van der Waals surface area contributed by atoms with Crippen LogP contribution in [0.5, 0.6) is 0 Å². The van der Waals surface area contributed by atoms with Gasteiger partial charge in [0, 0.05) is 0 Å². The number of hydrogen-bond acceptors (Lipinski definition) is 1. The molecule has 1 radical (unpaired) electrons. The van der Waals surface area contributed by atoms with Gasteiger partial charge in [-0.25, -0.2) is 0 Å². The molecule has 0 unspecified atom stereocenters. The molecule has 0 aromatic carbocycles. The zero-order valence-corrected chi connectivity index (χ0v) is 15.6. The van der Waals surface area contributed by atoms with Crippen molar-refractivity contribution < 1.29 is 4.79 Å². The van der Waals surface area contributed by atoms with Crippen molar-refractivity contribution in [3.8, 4) is 0 Å². The first-order valence-electron chi connectivity index (χ1n) is 5.83. The number of carbonyl (C=O) groups excluding carboxylic acids is 1. The molecule has 0 spiro atoms. The van der Waals surface area contributed by atoms with Crippen LogP contribution in [0.15, 0.2) is 0 Å². The van der Waals surface area contributed by atoms with E-state index >= 15 is 0 Å². The molecule has 0 aromatic rings. The van der Waals surface area contributed by atoms with Gasteiger partial charge in [0.15, 0.2) is 0 Å². The van der Waals surface area contributed by atoms with Crippen LogP contribution in [-0.4, -0.2) is 36.3 Å². The van der Waals surface area contributed by atoms with Crippen LogP contribution in [0.4, 0.5) is 0 Å². The molecular formula is C11H27GeOSi2. The topological polar surface area (TPSA) is 17.1 Å². The Labute approximate surface area is 102 Å². The van der Waals surface area contributed by atoms with Gasteiger partial charge in [-0.2, -0.15) is 0 Å². The molecule has 0 N–H and O–H groups in total. The Morgan fingerprint density at radius 2 is 1.27 bits per heavy atom. The van der Waals surface area contributed by atoms with Crippen LogP contribution in [0.2, 0.25) is 54.3 Å². The molecular weight excluding hydrogens is 277 g/mol. The zero-order valence-electron chi connectivity index (χ0n) is 11.5. The molecule has 0 aliphatic rings. The number of rotatable bonds is 6. The fourth-order valence-corrected chi connectivity index (χ4v) is 30.1. The second-order valence-corrected chi connectivity index (χ2v) is 26.4. The van der Waals surface area contributed by atoms with Crippen molar-refractivity contribution >= 4 is 36.3 Å². The summed E-state index contributed by atoms with van der Waals surface area (Å²) < 4.78 is 0. The van der Waals surface area contributed by atoms with Crippen LogP contribution in [0.1, 0.15) is 6.92 Å². The molecule has 15 heavy (non-hydrogen) atoms. The van der Waals surface area contributed by atoms with Crippen LogP contribution in [0.25, 0.3) is 0 Å².